The van der Waals surface area contributed by atoms with Crippen LogP contribution in [0.5, 0.6) is 5.75 Å². The summed E-state index contributed by atoms with van der Waals surface area (Å²) in [5, 5.41) is 3.66. The molecule has 11 heteroatoms. The molecule has 0 saturated heterocycles. The largest absolute Gasteiger partial charge is 0.485 e. The third kappa shape index (κ3) is 5.45. The van der Waals surface area contributed by atoms with Crippen LogP contribution in [0.15, 0.2) is 34.7 Å². The van der Waals surface area contributed by atoms with E-state index in [4.69, 9.17) is 26.5 Å². The number of rotatable bonds is 8. The second-order valence-corrected chi connectivity index (χ2v) is 10.2. The van der Waals surface area contributed by atoms with Crippen LogP contribution in [0.4, 0.5) is 14.5 Å². The fourth-order valence-corrected chi connectivity index (χ4v) is 5.10. The van der Waals surface area contributed by atoms with Gasteiger partial charge in [0.05, 0.1) is 5.69 Å². The second kappa shape index (κ2) is 10.5. The molecule has 3 N–H and O–H groups in total. The first-order valence-electron chi connectivity index (χ1n) is 11.3. The minimum absolute atomic E-state index is 0.000183. The number of aryl methyl sites for hydroxylation is 2. The van der Waals surface area contributed by atoms with Crippen molar-refractivity contribution in [2.75, 3.05) is 5.32 Å². The molecule has 0 aliphatic heterocycles. The smallest absolute Gasteiger partial charge is 0.291 e. The Morgan fingerprint density at radius 2 is 1.92 bits per heavy atom. The van der Waals surface area contributed by atoms with Crippen molar-refractivity contribution in [2.24, 2.45) is 5.73 Å². The zero-order valence-electron chi connectivity index (χ0n) is 20.4. The fraction of sp³-hybridized carbons (Fsp3) is 0.269. The maximum absolute atomic E-state index is 13.2. The zero-order chi connectivity index (χ0) is 27.0. The van der Waals surface area contributed by atoms with Crippen LogP contribution in [-0.2, 0) is 6.61 Å². The van der Waals surface area contributed by atoms with Gasteiger partial charge in [0.1, 0.15) is 33.5 Å². The molecule has 7 nitrogen and oxygen atoms in total. The number of hydrogen-bond donors (Lipinski definition) is 2. The lowest BCUT2D eigenvalue weighted by Crippen LogP contribution is -2.16. The highest BCUT2D eigenvalue weighted by molar-refractivity contribution is 7.21. The Morgan fingerprint density at radius 1 is 1.19 bits per heavy atom. The van der Waals surface area contributed by atoms with E-state index < -0.39 is 23.9 Å². The zero-order valence-corrected chi connectivity index (χ0v) is 22.0. The highest BCUT2D eigenvalue weighted by atomic mass is 35.5. The van der Waals surface area contributed by atoms with Crippen LogP contribution in [0.1, 0.15) is 74.6 Å². The average molecular weight is 548 g/mol. The van der Waals surface area contributed by atoms with E-state index in [2.05, 4.69) is 10.3 Å². The van der Waals surface area contributed by atoms with Crippen LogP contribution in [0.25, 0.3) is 10.2 Å². The predicted molar refractivity (Wildman–Crippen MR) is 139 cm³/mol. The molecule has 4 aromatic rings. The number of ether oxygens (including phenoxy) is 1. The number of nitrogens with two attached hydrogens (primary N) is 1. The van der Waals surface area contributed by atoms with Crippen LogP contribution < -0.4 is 15.8 Å². The number of alkyl halides is 2. The Hall–Kier alpha value is -3.50. The molecule has 0 radical (unpaired) electrons. The van der Waals surface area contributed by atoms with Crippen molar-refractivity contribution >= 4 is 50.7 Å². The lowest BCUT2D eigenvalue weighted by atomic mass is 10.0. The van der Waals surface area contributed by atoms with Crippen LogP contribution in [-0.4, -0.2) is 16.8 Å². The molecule has 0 aliphatic rings. The number of amides is 2. The van der Waals surface area contributed by atoms with E-state index in [0.717, 1.165) is 22.5 Å². The molecule has 4 rings (SSSR count). The van der Waals surface area contributed by atoms with E-state index in [1.54, 1.807) is 13.0 Å². The maximum atomic E-state index is 13.2. The number of benzene rings is 1. The highest BCUT2D eigenvalue weighted by Gasteiger charge is 2.24. The Kier molecular flexibility index (Phi) is 7.52. The number of fused-ring (bicyclic) bond motifs is 1. The third-order valence-electron chi connectivity index (χ3n) is 5.73. The van der Waals surface area contributed by atoms with Gasteiger partial charge in [-0.15, -0.1) is 11.3 Å². The van der Waals surface area contributed by atoms with Crippen LogP contribution in [0, 0.1) is 13.8 Å². The number of furan rings is 1. The number of anilines is 1. The number of carbonyl (C=O) groups is 2. The van der Waals surface area contributed by atoms with E-state index >= 15 is 0 Å². The van der Waals surface area contributed by atoms with Gasteiger partial charge >= 0.3 is 0 Å². The van der Waals surface area contributed by atoms with Gasteiger partial charge in [0.15, 0.2) is 5.76 Å². The molecule has 0 bridgehead atoms. The molecule has 0 spiro atoms. The Morgan fingerprint density at radius 3 is 2.57 bits per heavy atom. The molecule has 3 heterocycles. The van der Waals surface area contributed by atoms with Crippen LogP contribution >= 0.6 is 22.9 Å². The number of hydrogen-bond acceptors (Lipinski definition) is 6. The van der Waals surface area contributed by atoms with Crippen molar-refractivity contribution in [2.45, 2.75) is 46.6 Å². The highest BCUT2D eigenvalue weighted by Crippen LogP contribution is 2.38. The number of pyridine rings is 1. The van der Waals surface area contributed by atoms with E-state index in [9.17, 15) is 18.4 Å². The number of nitrogens with one attached hydrogen (secondary N) is 1. The molecule has 1 aromatic carbocycles. The molecule has 0 unspecified atom stereocenters. The van der Waals surface area contributed by atoms with Gasteiger partial charge < -0.3 is 20.2 Å². The van der Waals surface area contributed by atoms with Crippen molar-refractivity contribution in [1.29, 1.82) is 0 Å². The molecule has 194 valence electrons. The number of carbonyl (C=O) groups excluding carboxylic acids is 2. The fourth-order valence-electron chi connectivity index (χ4n) is 3.86. The third-order valence-corrected chi connectivity index (χ3v) is 7.24. The summed E-state index contributed by atoms with van der Waals surface area (Å²) in [5.74, 6) is -0.237. The topological polar surface area (TPSA) is 107 Å². The number of halogens is 3. The van der Waals surface area contributed by atoms with Gasteiger partial charge in [-0.3, -0.25) is 9.59 Å². The average Bonchev–Trinajstić information content (AvgIpc) is 3.44. The summed E-state index contributed by atoms with van der Waals surface area (Å²) < 4.78 is 38.0. The molecule has 3 aromatic heterocycles. The molecule has 0 saturated carbocycles. The first-order chi connectivity index (χ1) is 17.5. The first-order valence-corrected chi connectivity index (χ1v) is 12.5. The number of aromatic nitrogens is 1. The van der Waals surface area contributed by atoms with Gasteiger partial charge in [-0.05, 0) is 66.8 Å². The van der Waals surface area contributed by atoms with Gasteiger partial charge in [-0.2, -0.15) is 0 Å². The standard InChI is InChI=1S/C26H24ClF2N3O4S/c1-11(2)15-9-16(27)12(3)8-19(15)35-10-14-5-6-18(36-14)25(34)32-21-20-13(4)7-17(23(28)29)31-26(20)37-22(21)24(30)33/h5-9,11,23H,10H2,1-4H3,(H2,30,33)(H,32,34). The van der Waals surface area contributed by atoms with Gasteiger partial charge in [0, 0.05) is 10.4 Å². The predicted octanol–water partition coefficient (Wildman–Crippen LogP) is 7.15. The minimum Gasteiger partial charge on any atom is -0.485 e. The summed E-state index contributed by atoms with van der Waals surface area (Å²) >= 11 is 7.10. The molecular weight excluding hydrogens is 524 g/mol. The van der Waals surface area contributed by atoms with E-state index in [-0.39, 0.29) is 33.7 Å². The Balaban J connectivity index is 1.57. The Bertz CT molecular complexity index is 1510. The summed E-state index contributed by atoms with van der Waals surface area (Å²) in [6.07, 6.45) is -2.78. The molecule has 0 fully saturated rings. The van der Waals surface area contributed by atoms with Gasteiger partial charge in [0.2, 0.25) is 0 Å². The van der Waals surface area contributed by atoms with Crippen LogP contribution in [0.2, 0.25) is 5.02 Å². The van der Waals surface area contributed by atoms with Crippen molar-refractivity contribution in [3.63, 3.8) is 0 Å². The van der Waals surface area contributed by atoms with E-state index in [0.29, 0.717) is 27.5 Å². The molecule has 2 amide bonds. The summed E-state index contributed by atoms with van der Waals surface area (Å²) in [6.45, 7) is 7.61. The summed E-state index contributed by atoms with van der Waals surface area (Å²) in [4.78, 5) is 29.1. The van der Waals surface area contributed by atoms with Gasteiger partial charge in [0.25, 0.3) is 18.2 Å². The molecule has 37 heavy (non-hydrogen) atoms. The normalized spacial score (nSPS) is 11.5. The van der Waals surface area contributed by atoms with Gasteiger partial charge in [-0.25, -0.2) is 13.8 Å². The van der Waals surface area contributed by atoms with E-state index in [1.807, 2.05) is 32.9 Å². The van der Waals surface area contributed by atoms with Crippen LogP contribution in [0.3, 0.4) is 0 Å². The molecule has 0 aliphatic carbocycles. The minimum atomic E-state index is -2.78. The first kappa shape index (κ1) is 26.6. The second-order valence-electron chi connectivity index (χ2n) is 8.82. The summed E-state index contributed by atoms with van der Waals surface area (Å²) in [6, 6.07) is 8.03. The SMILES string of the molecule is Cc1cc(OCc2ccc(C(=O)Nc3c(C(N)=O)sc4nc(C(F)F)cc(C)c34)o2)c(C(C)C)cc1Cl. The lowest BCUT2D eigenvalue weighted by Gasteiger charge is -2.15. The number of thiophene rings is 1. The van der Waals surface area contributed by atoms with Crippen molar-refractivity contribution in [3.8, 4) is 5.75 Å². The quantitative estimate of drug-likeness (QED) is 0.243. The number of primary amides is 1. The van der Waals surface area contributed by atoms with E-state index in [1.165, 1.54) is 12.1 Å². The summed E-state index contributed by atoms with van der Waals surface area (Å²) in [7, 11) is 0. The number of nitrogens with zero attached hydrogens (tertiary/aromatic N) is 1. The van der Waals surface area contributed by atoms with Gasteiger partial charge in [-0.1, -0.05) is 25.4 Å². The van der Waals surface area contributed by atoms with Crippen molar-refractivity contribution < 1.29 is 27.5 Å². The summed E-state index contributed by atoms with van der Waals surface area (Å²) in [5.41, 5.74) is 7.42. The lowest BCUT2D eigenvalue weighted by molar-refractivity contribution is 0.0992. The monoisotopic (exact) mass is 547 g/mol. The molecule has 0 atom stereocenters. The van der Waals surface area contributed by atoms with Crippen molar-refractivity contribution in [3.05, 3.63) is 74.1 Å². The molecular formula is C26H24ClF2N3O4S. The van der Waals surface area contributed by atoms with Crippen molar-refractivity contribution in [1.82, 2.24) is 4.98 Å². The Labute approximate surface area is 220 Å². The maximum Gasteiger partial charge on any atom is 0.291 e.